The zero-order chi connectivity index (χ0) is 19.8. The van der Waals surface area contributed by atoms with Crippen molar-refractivity contribution in [3.05, 3.63) is 53.6 Å². The van der Waals surface area contributed by atoms with Gasteiger partial charge in [0, 0.05) is 55.0 Å². The second-order valence-corrected chi connectivity index (χ2v) is 9.08. The maximum absolute atomic E-state index is 4.69. The Hall–Kier alpha value is -2.40. The fraction of sp³-hybridized carbons (Fsp3) is 0.500. The summed E-state index contributed by atoms with van der Waals surface area (Å²) < 4.78 is 0. The fourth-order valence-electron chi connectivity index (χ4n) is 5.43. The molecule has 0 amide bonds. The van der Waals surface area contributed by atoms with E-state index in [0.717, 1.165) is 37.0 Å². The molecule has 5 rings (SSSR count). The number of piperidine rings is 2. The third-order valence-electron chi connectivity index (χ3n) is 6.91. The van der Waals surface area contributed by atoms with Gasteiger partial charge in [-0.05, 0) is 63.1 Å². The molecular weight excluding hydrogens is 358 g/mol. The van der Waals surface area contributed by atoms with Crippen LogP contribution in [0.1, 0.15) is 42.8 Å². The number of benzene rings is 1. The van der Waals surface area contributed by atoms with Crippen LogP contribution in [0.2, 0.25) is 0 Å². The van der Waals surface area contributed by atoms with Gasteiger partial charge in [-0.1, -0.05) is 18.2 Å². The van der Waals surface area contributed by atoms with Crippen molar-refractivity contribution in [3.63, 3.8) is 0 Å². The number of aromatic amines is 1. The molecule has 29 heavy (non-hydrogen) atoms. The van der Waals surface area contributed by atoms with Crippen LogP contribution in [0.15, 0.2) is 36.5 Å². The van der Waals surface area contributed by atoms with Gasteiger partial charge in [-0.2, -0.15) is 0 Å². The molecule has 3 aromatic rings. The quantitative estimate of drug-likeness (QED) is 0.719. The molecule has 2 aliphatic rings. The van der Waals surface area contributed by atoms with E-state index in [0.29, 0.717) is 5.41 Å². The monoisotopic (exact) mass is 389 g/mol. The summed E-state index contributed by atoms with van der Waals surface area (Å²) in [7, 11) is 0. The van der Waals surface area contributed by atoms with Gasteiger partial charge in [0.15, 0.2) is 0 Å². The van der Waals surface area contributed by atoms with Gasteiger partial charge in [0.05, 0.1) is 0 Å². The zero-order valence-electron chi connectivity index (χ0n) is 17.6. The number of para-hydroxylation sites is 1. The Morgan fingerprint density at radius 3 is 2.69 bits per heavy atom. The minimum Gasteiger partial charge on any atom is -0.361 e. The first kappa shape index (κ1) is 18.6. The molecule has 0 bridgehead atoms. The number of anilines is 1. The maximum atomic E-state index is 4.69. The predicted octanol–water partition coefficient (Wildman–Crippen LogP) is 4.46. The van der Waals surface area contributed by atoms with Crippen LogP contribution in [0.5, 0.6) is 0 Å². The van der Waals surface area contributed by atoms with Crippen molar-refractivity contribution < 1.29 is 0 Å². The maximum Gasteiger partial charge on any atom is 0.132 e. The lowest BCUT2D eigenvalue weighted by Gasteiger charge is -2.48. The standard InChI is InChI=1S/C24H31N5/c1-18-14-23(27-19(2)26-18)29-12-9-24(10-13-29)8-5-11-28(17-24)16-20-15-25-22-7-4-3-6-21(20)22/h3-4,6-7,14-15,25H,5,8-13,16-17H2,1-2H3. The number of aryl methyl sites for hydroxylation is 2. The number of rotatable bonds is 3. The molecule has 4 heterocycles. The summed E-state index contributed by atoms with van der Waals surface area (Å²) in [6.07, 6.45) is 7.41. The van der Waals surface area contributed by atoms with E-state index in [1.54, 1.807) is 0 Å². The molecule has 0 radical (unpaired) electrons. The van der Waals surface area contributed by atoms with Gasteiger partial charge < -0.3 is 9.88 Å². The highest BCUT2D eigenvalue weighted by Crippen LogP contribution is 2.41. The van der Waals surface area contributed by atoms with Crippen molar-refractivity contribution in [1.29, 1.82) is 0 Å². The number of aromatic nitrogens is 3. The summed E-state index contributed by atoms with van der Waals surface area (Å²) in [5, 5.41) is 1.37. The van der Waals surface area contributed by atoms with Crippen molar-refractivity contribution in [3.8, 4) is 0 Å². The van der Waals surface area contributed by atoms with Crippen LogP contribution < -0.4 is 4.90 Å². The van der Waals surface area contributed by atoms with E-state index in [9.17, 15) is 0 Å². The van der Waals surface area contributed by atoms with Crippen molar-refractivity contribution in [2.75, 3.05) is 31.1 Å². The van der Waals surface area contributed by atoms with E-state index in [-0.39, 0.29) is 0 Å². The molecule has 5 nitrogen and oxygen atoms in total. The minimum absolute atomic E-state index is 0.470. The molecule has 0 unspecified atom stereocenters. The molecule has 0 saturated carbocycles. The molecule has 0 atom stereocenters. The van der Waals surface area contributed by atoms with E-state index in [4.69, 9.17) is 0 Å². The summed E-state index contributed by atoms with van der Waals surface area (Å²) in [6, 6.07) is 10.8. The Labute approximate surface area is 173 Å². The third-order valence-corrected chi connectivity index (χ3v) is 6.91. The van der Waals surface area contributed by atoms with Gasteiger partial charge >= 0.3 is 0 Å². The molecule has 5 heteroatoms. The Bertz CT molecular complexity index is 979. The SMILES string of the molecule is Cc1cc(N2CCC3(CCCN(Cc4c[nH]c5ccccc45)C3)CC2)nc(C)n1. The summed E-state index contributed by atoms with van der Waals surface area (Å²) in [4.78, 5) is 17.7. The van der Waals surface area contributed by atoms with Crippen molar-refractivity contribution >= 4 is 16.7 Å². The van der Waals surface area contributed by atoms with E-state index in [2.05, 4.69) is 68.2 Å². The van der Waals surface area contributed by atoms with Crippen molar-refractivity contribution in [1.82, 2.24) is 19.9 Å². The second kappa shape index (κ2) is 7.45. The van der Waals surface area contributed by atoms with Crippen LogP contribution in [0, 0.1) is 19.3 Å². The van der Waals surface area contributed by atoms with Gasteiger partial charge in [0.1, 0.15) is 11.6 Å². The second-order valence-electron chi connectivity index (χ2n) is 9.08. The molecule has 1 aromatic carbocycles. The Morgan fingerprint density at radius 1 is 1.03 bits per heavy atom. The first-order chi connectivity index (χ1) is 14.1. The summed E-state index contributed by atoms with van der Waals surface area (Å²) >= 11 is 0. The molecule has 0 aliphatic carbocycles. The Balaban J connectivity index is 1.26. The van der Waals surface area contributed by atoms with Crippen LogP contribution in [-0.4, -0.2) is 46.0 Å². The highest BCUT2D eigenvalue weighted by Gasteiger charge is 2.38. The van der Waals surface area contributed by atoms with Crippen LogP contribution in [-0.2, 0) is 6.54 Å². The zero-order valence-corrected chi connectivity index (χ0v) is 17.6. The summed E-state index contributed by atoms with van der Waals surface area (Å²) in [6.45, 7) is 9.77. The number of hydrogen-bond donors (Lipinski definition) is 1. The lowest BCUT2D eigenvalue weighted by atomic mass is 9.72. The molecule has 2 aliphatic heterocycles. The number of nitrogens with one attached hydrogen (secondary N) is 1. The molecule has 2 aromatic heterocycles. The van der Waals surface area contributed by atoms with E-state index in [1.165, 1.54) is 55.2 Å². The lowest BCUT2D eigenvalue weighted by Crippen LogP contribution is -2.49. The normalized spacial score (nSPS) is 19.9. The molecule has 1 spiro atoms. The first-order valence-electron chi connectivity index (χ1n) is 10.9. The van der Waals surface area contributed by atoms with Gasteiger partial charge in [0.2, 0.25) is 0 Å². The molecule has 152 valence electrons. The van der Waals surface area contributed by atoms with Gasteiger partial charge in [-0.15, -0.1) is 0 Å². The number of hydrogen-bond acceptors (Lipinski definition) is 4. The largest absolute Gasteiger partial charge is 0.361 e. The average molecular weight is 390 g/mol. The molecule has 1 N–H and O–H groups in total. The first-order valence-corrected chi connectivity index (χ1v) is 10.9. The minimum atomic E-state index is 0.470. The van der Waals surface area contributed by atoms with E-state index < -0.39 is 0 Å². The smallest absolute Gasteiger partial charge is 0.132 e. The summed E-state index contributed by atoms with van der Waals surface area (Å²) in [5.74, 6) is 1.99. The topological polar surface area (TPSA) is 48.0 Å². The van der Waals surface area contributed by atoms with Crippen molar-refractivity contribution in [2.45, 2.75) is 46.1 Å². The number of nitrogens with zero attached hydrogens (tertiary/aromatic N) is 4. The summed E-state index contributed by atoms with van der Waals surface area (Å²) in [5.41, 5.74) is 4.22. The third kappa shape index (κ3) is 3.76. The number of likely N-dealkylation sites (tertiary alicyclic amines) is 1. The molecular formula is C24H31N5. The lowest BCUT2D eigenvalue weighted by molar-refractivity contribution is 0.0607. The van der Waals surface area contributed by atoms with Gasteiger partial charge in [0.25, 0.3) is 0 Å². The average Bonchev–Trinajstić information content (AvgIpc) is 3.11. The highest BCUT2D eigenvalue weighted by molar-refractivity contribution is 5.82. The fourth-order valence-corrected chi connectivity index (χ4v) is 5.43. The van der Waals surface area contributed by atoms with Gasteiger partial charge in [-0.25, -0.2) is 9.97 Å². The molecule has 2 fully saturated rings. The van der Waals surface area contributed by atoms with E-state index >= 15 is 0 Å². The van der Waals surface area contributed by atoms with E-state index in [1.807, 2.05) is 6.92 Å². The van der Waals surface area contributed by atoms with Crippen LogP contribution in [0.25, 0.3) is 10.9 Å². The van der Waals surface area contributed by atoms with Gasteiger partial charge in [-0.3, -0.25) is 4.90 Å². The van der Waals surface area contributed by atoms with Crippen LogP contribution >= 0.6 is 0 Å². The molecule has 2 saturated heterocycles. The Kier molecular flexibility index (Phi) is 4.78. The predicted molar refractivity (Wildman–Crippen MR) is 118 cm³/mol. The van der Waals surface area contributed by atoms with Crippen molar-refractivity contribution in [2.24, 2.45) is 5.41 Å². The Morgan fingerprint density at radius 2 is 1.86 bits per heavy atom. The number of H-pyrrole nitrogens is 1. The van der Waals surface area contributed by atoms with Crippen LogP contribution in [0.3, 0.4) is 0 Å². The highest BCUT2D eigenvalue weighted by atomic mass is 15.2. The van der Waals surface area contributed by atoms with Crippen LogP contribution in [0.4, 0.5) is 5.82 Å². The number of fused-ring (bicyclic) bond motifs is 1.